The molecule has 1 aliphatic heterocycles. The van der Waals surface area contributed by atoms with Crippen LogP contribution in [0.25, 0.3) is 0 Å². The van der Waals surface area contributed by atoms with Gasteiger partial charge >= 0.3 is 0 Å². The predicted octanol–water partition coefficient (Wildman–Crippen LogP) is 1.35. The summed E-state index contributed by atoms with van der Waals surface area (Å²) in [6.45, 7) is 12.5. The van der Waals surface area contributed by atoms with Crippen molar-refractivity contribution in [2.45, 2.75) is 33.4 Å². The first-order valence-electron chi connectivity index (χ1n) is 7.77. The van der Waals surface area contributed by atoms with Gasteiger partial charge in [0.2, 0.25) is 0 Å². The fourth-order valence-corrected chi connectivity index (χ4v) is 2.49. The zero-order valence-corrected chi connectivity index (χ0v) is 12.8. The molecule has 0 atom stereocenters. The zero-order chi connectivity index (χ0) is 14.2. The molecule has 0 bridgehead atoms. The summed E-state index contributed by atoms with van der Waals surface area (Å²) < 4.78 is 7.46. The number of aromatic nitrogens is 2. The van der Waals surface area contributed by atoms with Crippen LogP contribution in [0.2, 0.25) is 0 Å². The van der Waals surface area contributed by atoms with E-state index in [1.54, 1.807) is 0 Å². The van der Waals surface area contributed by atoms with E-state index in [4.69, 9.17) is 4.74 Å². The molecule has 1 aliphatic rings. The minimum absolute atomic E-state index is 0.634. The van der Waals surface area contributed by atoms with Crippen LogP contribution in [-0.2, 0) is 17.8 Å². The van der Waals surface area contributed by atoms with Gasteiger partial charge in [-0.3, -0.25) is 9.58 Å². The van der Waals surface area contributed by atoms with Crippen molar-refractivity contribution in [2.24, 2.45) is 5.92 Å². The van der Waals surface area contributed by atoms with Crippen molar-refractivity contribution in [3.8, 4) is 0 Å². The normalized spacial score (nSPS) is 16.9. The molecule has 1 aromatic heterocycles. The highest BCUT2D eigenvalue weighted by Gasteiger charge is 2.09. The summed E-state index contributed by atoms with van der Waals surface area (Å²) in [6, 6.07) is 2.11. The highest BCUT2D eigenvalue weighted by Crippen LogP contribution is 2.04. The molecule has 0 amide bonds. The zero-order valence-electron chi connectivity index (χ0n) is 12.8. The van der Waals surface area contributed by atoms with E-state index in [1.807, 2.05) is 6.20 Å². The van der Waals surface area contributed by atoms with Crippen molar-refractivity contribution in [1.29, 1.82) is 0 Å². The van der Waals surface area contributed by atoms with E-state index in [0.29, 0.717) is 5.92 Å². The molecule has 2 rings (SSSR count). The summed E-state index contributed by atoms with van der Waals surface area (Å²) in [5.41, 5.74) is 1.28. The van der Waals surface area contributed by atoms with Crippen LogP contribution in [0.1, 0.15) is 26.0 Å². The Bertz CT molecular complexity index is 372. The molecule has 5 heteroatoms. The van der Waals surface area contributed by atoms with Crippen molar-refractivity contribution < 1.29 is 4.74 Å². The summed E-state index contributed by atoms with van der Waals surface area (Å²) in [4.78, 5) is 2.48. The van der Waals surface area contributed by atoms with Crippen molar-refractivity contribution in [2.75, 3.05) is 39.4 Å². The third-order valence-corrected chi connectivity index (χ3v) is 3.58. The van der Waals surface area contributed by atoms with Gasteiger partial charge in [-0.15, -0.1) is 0 Å². The molecule has 0 aliphatic carbocycles. The highest BCUT2D eigenvalue weighted by atomic mass is 16.5. The van der Waals surface area contributed by atoms with Crippen LogP contribution in [0.4, 0.5) is 0 Å². The Morgan fingerprint density at radius 1 is 1.35 bits per heavy atom. The Morgan fingerprint density at radius 3 is 2.90 bits per heavy atom. The molecule has 0 aromatic carbocycles. The van der Waals surface area contributed by atoms with E-state index < -0.39 is 0 Å². The maximum absolute atomic E-state index is 5.35. The topological polar surface area (TPSA) is 42.3 Å². The fourth-order valence-electron chi connectivity index (χ4n) is 2.49. The van der Waals surface area contributed by atoms with Crippen LogP contribution < -0.4 is 5.32 Å². The smallest absolute Gasteiger partial charge is 0.0594 e. The number of rotatable bonds is 8. The van der Waals surface area contributed by atoms with Crippen LogP contribution in [0.15, 0.2) is 12.3 Å². The Kier molecular flexibility index (Phi) is 6.50. The lowest BCUT2D eigenvalue weighted by atomic mass is 10.2. The maximum atomic E-state index is 5.35. The molecule has 1 aromatic rings. The van der Waals surface area contributed by atoms with E-state index >= 15 is 0 Å². The van der Waals surface area contributed by atoms with Crippen molar-refractivity contribution >= 4 is 0 Å². The summed E-state index contributed by atoms with van der Waals surface area (Å²) in [6.07, 6.45) is 3.09. The van der Waals surface area contributed by atoms with E-state index in [2.05, 4.69) is 39.9 Å². The second kappa shape index (κ2) is 8.39. The van der Waals surface area contributed by atoms with Gasteiger partial charge < -0.3 is 10.1 Å². The first-order chi connectivity index (χ1) is 9.75. The molecular weight excluding hydrogens is 252 g/mol. The molecule has 114 valence electrons. The molecule has 0 spiro atoms. The minimum Gasteiger partial charge on any atom is -0.379 e. The van der Waals surface area contributed by atoms with Gasteiger partial charge in [-0.2, -0.15) is 5.10 Å². The number of nitrogens with one attached hydrogen (secondary N) is 1. The number of nitrogens with zero attached hydrogens (tertiary/aromatic N) is 3. The third kappa shape index (κ3) is 5.23. The molecule has 0 radical (unpaired) electrons. The molecule has 1 N–H and O–H groups in total. The van der Waals surface area contributed by atoms with Gasteiger partial charge in [0.05, 0.1) is 18.9 Å². The van der Waals surface area contributed by atoms with Gasteiger partial charge in [0.25, 0.3) is 0 Å². The Hall–Kier alpha value is -0.910. The largest absolute Gasteiger partial charge is 0.379 e. The molecule has 1 fully saturated rings. The standard InChI is InChI=1S/C15H28N4O/c1-14(2)13-19-15(4-6-17-19)12-16-5-3-7-18-8-10-20-11-9-18/h4,6,14,16H,3,5,7-13H2,1-2H3. The molecule has 1 saturated heterocycles. The number of ether oxygens (including phenoxy) is 1. The maximum Gasteiger partial charge on any atom is 0.0594 e. The second-order valence-corrected chi connectivity index (χ2v) is 5.88. The van der Waals surface area contributed by atoms with Gasteiger partial charge in [0.15, 0.2) is 0 Å². The van der Waals surface area contributed by atoms with Crippen LogP contribution in [0.3, 0.4) is 0 Å². The molecule has 0 saturated carbocycles. The SMILES string of the molecule is CC(C)Cn1nccc1CNCCCN1CCOCC1. The monoisotopic (exact) mass is 280 g/mol. The van der Waals surface area contributed by atoms with Gasteiger partial charge in [0, 0.05) is 32.4 Å². The van der Waals surface area contributed by atoms with Crippen molar-refractivity contribution in [1.82, 2.24) is 20.0 Å². The average Bonchev–Trinajstić information content (AvgIpc) is 2.86. The molecule has 20 heavy (non-hydrogen) atoms. The lowest BCUT2D eigenvalue weighted by molar-refractivity contribution is 0.0374. The van der Waals surface area contributed by atoms with Crippen molar-refractivity contribution in [3.63, 3.8) is 0 Å². The van der Waals surface area contributed by atoms with E-state index in [0.717, 1.165) is 45.9 Å². The summed E-state index contributed by atoms with van der Waals surface area (Å²) in [5, 5.41) is 7.91. The Balaban J connectivity index is 1.59. The van der Waals surface area contributed by atoms with E-state index in [9.17, 15) is 0 Å². The highest BCUT2D eigenvalue weighted by molar-refractivity contribution is 5.00. The quantitative estimate of drug-likeness (QED) is 0.730. The fraction of sp³-hybridized carbons (Fsp3) is 0.800. The van der Waals surface area contributed by atoms with Gasteiger partial charge in [-0.05, 0) is 31.5 Å². The molecule has 0 unspecified atom stereocenters. The Morgan fingerprint density at radius 2 is 2.15 bits per heavy atom. The number of hydrogen-bond acceptors (Lipinski definition) is 4. The van der Waals surface area contributed by atoms with Gasteiger partial charge in [-0.1, -0.05) is 13.8 Å². The van der Waals surface area contributed by atoms with Crippen LogP contribution in [-0.4, -0.2) is 54.1 Å². The van der Waals surface area contributed by atoms with Crippen molar-refractivity contribution in [3.05, 3.63) is 18.0 Å². The van der Waals surface area contributed by atoms with Gasteiger partial charge in [0.1, 0.15) is 0 Å². The summed E-state index contributed by atoms with van der Waals surface area (Å²) in [5.74, 6) is 0.634. The van der Waals surface area contributed by atoms with E-state index in [1.165, 1.54) is 18.7 Å². The summed E-state index contributed by atoms with van der Waals surface area (Å²) in [7, 11) is 0. The molecule has 2 heterocycles. The average molecular weight is 280 g/mol. The first kappa shape index (κ1) is 15.5. The summed E-state index contributed by atoms with van der Waals surface area (Å²) >= 11 is 0. The molecular formula is C15H28N4O. The van der Waals surface area contributed by atoms with Crippen LogP contribution in [0, 0.1) is 5.92 Å². The predicted molar refractivity (Wildman–Crippen MR) is 80.6 cm³/mol. The lowest BCUT2D eigenvalue weighted by Gasteiger charge is -2.26. The van der Waals surface area contributed by atoms with Crippen LogP contribution >= 0.6 is 0 Å². The Labute approximate surface area is 122 Å². The van der Waals surface area contributed by atoms with E-state index in [-0.39, 0.29) is 0 Å². The second-order valence-electron chi connectivity index (χ2n) is 5.88. The molecule has 5 nitrogen and oxygen atoms in total. The minimum atomic E-state index is 0.634. The lowest BCUT2D eigenvalue weighted by Crippen LogP contribution is -2.37. The third-order valence-electron chi connectivity index (χ3n) is 3.58. The van der Waals surface area contributed by atoms with Crippen LogP contribution in [0.5, 0.6) is 0 Å². The number of hydrogen-bond donors (Lipinski definition) is 1. The van der Waals surface area contributed by atoms with Gasteiger partial charge in [-0.25, -0.2) is 0 Å². The number of morpholine rings is 1. The first-order valence-corrected chi connectivity index (χ1v) is 7.77.